The van der Waals surface area contributed by atoms with Gasteiger partial charge in [-0.2, -0.15) is 0 Å². The number of rotatable bonds is 4. The molecular formula is C14H17BrO3. The number of ketones is 1. The number of esters is 1. The molecule has 0 heterocycles. The molecule has 0 spiro atoms. The van der Waals surface area contributed by atoms with Crippen molar-refractivity contribution in [3.63, 3.8) is 0 Å². The summed E-state index contributed by atoms with van der Waals surface area (Å²) in [6.45, 7) is 5.65. The predicted molar refractivity (Wildman–Crippen MR) is 73.7 cm³/mol. The second kappa shape index (κ2) is 6.14. The van der Waals surface area contributed by atoms with Crippen molar-refractivity contribution < 1.29 is 14.3 Å². The van der Waals surface area contributed by atoms with Crippen LogP contribution in [-0.2, 0) is 9.53 Å². The number of methoxy groups -OCH3 is 1. The fraction of sp³-hybridized carbons (Fsp3) is 0.429. The lowest BCUT2D eigenvalue weighted by Gasteiger charge is -2.13. The van der Waals surface area contributed by atoms with Gasteiger partial charge in [-0.05, 0) is 43.5 Å². The Labute approximate surface area is 116 Å². The highest BCUT2D eigenvalue weighted by molar-refractivity contribution is 9.10. The zero-order chi connectivity index (χ0) is 13.9. The van der Waals surface area contributed by atoms with Gasteiger partial charge in [-0.1, -0.05) is 22.9 Å². The smallest absolute Gasteiger partial charge is 0.316 e. The molecule has 1 rings (SSSR count). The van der Waals surface area contributed by atoms with Crippen molar-refractivity contribution in [2.24, 2.45) is 5.92 Å². The summed E-state index contributed by atoms with van der Waals surface area (Å²) < 4.78 is 5.65. The molecule has 0 saturated heterocycles. The van der Waals surface area contributed by atoms with E-state index in [-0.39, 0.29) is 5.78 Å². The van der Waals surface area contributed by atoms with Crippen LogP contribution in [0.25, 0.3) is 0 Å². The Morgan fingerprint density at radius 3 is 2.17 bits per heavy atom. The van der Waals surface area contributed by atoms with Gasteiger partial charge in [0, 0.05) is 10.0 Å². The van der Waals surface area contributed by atoms with Crippen molar-refractivity contribution >= 4 is 27.7 Å². The standard InChI is InChI=1S/C14H17BrO3/c1-5-11(14(17)18-4)13(16)10-6-8(2)12(15)9(3)7-10/h6-7,11H,5H2,1-4H3. The fourth-order valence-electron chi connectivity index (χ4n) is 1.89. The zero-order valence-electron chi connectivity index (χ0n) is 11.0. The third kappa shape index (κ3) is 2.99. The Hall–Kier alpha value is -1.16. The first kappa shape index (κ1) is 14.9. The SMILES string of the molecule is CCC(C(=O)OC)C(=O)c1cc(C)c(Br)c(C)c1. The molecule has 0 N–H and O–H groups in total. The molecule has 0 saturated carbocycles. The maximum atomic E-state index is 12.3. The number of aryl methyl sites for hydroxylation is 2. The first-order chi connectivity index (χ1) is 8.42. The summed E-state index contributed by atoms with van der Waals surface area (Å²) in [7, 11) is 1.30. The quantitative estimate of drug-likeness (QED) is 0.486. The lowest BCUT2D eigenvalue weighted by Crippen LogP contribution is -2.25. The molecule has 0 bridgehead atoms. The van der Waals surface area contributed by atoms with Crippen molar-refractivity contribution in [3.05, 3.63) is 33.3 Å². The van der Waals surface area contributed by atoms with Crippen LogP contribution in [0.15, 0.2) is 16.6 Å². The van der Waals surface area contributed by atoms with Crippen molar-refractivity contribution in [1.29, 1.82) is 0 Å². The van der Waals surface area contributed by atoms with Crippen LogP contribution in [0.5, 0.6) is 0 Å². The Morgan fingerprint density at radius 1 is 1.28 bits per heavy atom. The lowest BCUT2D eigenvalue weighted by molar-refractivity contribution is -0.143. The molecule has 0 aliphatic rings. The summed E-state index contributed by atoms with van der Waals surface area (Å²) in [6, 6.07) is 3.59. The molecule has 1 aromatic rings. The molecule has 98 valence electrons. The molecule has 1 aromatic carbocycles. The Morgan fingerprint density at radius 2 is 1.78 bits per heavy atom. The number of hydrogen-bond donors (Lipinski definition) is 0. The molecule has 1 unspecified atom stereocenters. The summed E-state index contributed by atoms with van der Waals surface area (Å²) in [6.07, 6.45) is 0.444. The average molecular weight is 313 g/mol. The summed E-state index contributed by atoms with van der Waals surface area (Å²) in [5.74, 6) is -1.36. The highest BCUT2D eigenvalue weighted by Crippen LogP contribution is 2.24. The second-order valence-electron chi connectivity index (χ2n) is 4.27. The largest absolute Gasteiger partial charge is 0.468 e. The molecule has 18 heavy (non-hydrogen) atoms. The lowest BCUT2D eigenvalue weighted by atomic mass is 9.93. The van der Waals surface area contributed by atoms with Gasteiger partial charge < -0.3 is 4.74 Å². The summed E-state index contributed by atoms with van der Waals surface area (Å²) in [5, 5.41) is 0. The summed E-state index contributed by atoms with van der Waals surface area (Å²) in [4.78, 5) is 23.8. The van der Waals surface area contributed by atoms with Crippen molar-refractivity contribution in [2.75, 3.05) is 7.11 Å². The van der Waals surface area contributed by atoms with Crippen LogP contribution in [0.4, 0.5) is 0 Å². The van der Waals surface area contributed by atoms with E-state index in [1.807, 2.05) is 13.8 Å². The predicted octanol–water partition coefficient (Wildman–Crippen LogP) is 3.45. The van der Waals surface area contributed by atoms with Crippen LogP contribution in [0, 0.1) is 19.8 Å². The van der Waals surface area contributed by atoms with E-state index in [2.05, 4.69) is 20.7 Å². The van der Waals surface area contributed by atoms with E-state index in [9.17, 15) is 9.59 Å². The molecule has 3 nitrogen and oxygen atoms in total. The minimum atomic E-state index is -0.713. The Bertz CT molecular complexity index is 457. The average Bonchev–Trinajstić information content (AvgIpc) is 2.35. The molecule has 4 heteroatoms. The third-order valence-corrected chi connectivity index (χ3v) is 4.18. The first-order valence-electron chi connectivity index (χ1n) is 5.81. The van der Waals surface area contributed by atoms with Crippen molar-refractivity contribution in [2.45, 2.75) is 27.2 Å². The highest BCUT2D eigenvalue weighted by atomic mass is 79.9. The van der Waals surface area contributed by atoms with E-state index in [1.54, 1.807) is 19.1 Å². The van der Waals surface area contributed by atoms with Gasteiger partial charge >= 0.3 is 5.97 Å². The third-order valence-electron chi connectivity index (χ3n) is 2.93. The van der Waals surface area contributed by atoms with Crippen molar-refractivity contribution in [1.82, 2.24) is 0 Å². The Balaban J connectivity index is 3.14. The van der Waals surface area contributed by atoms with E-state index >= 15 is 0 Å². The topological polar surface area (TPSA) is 43.4 Å². The van der Waals surface area contributed by atoms with Gasteiger partial charge in [0.1, 0.15) is 5.92 Å². The Kier molecular flexibility index (Phi) is 5.08. The molecular weight excluding hydrogens is 296 g/mol. The minimum absolute atomic E-state index is 0.178. The number of ether oxygens (including phenoxy) is 1. The summed E-state index contributed by atoms with van der Waals surface area (Å²) in [5.41, 5.74) is 2.53. The van der Waals surface area contributed by atoms with E-state index in [0.717, 1.165) is 15.6 Å². The number of carbonyl (C=O) groups excluding carboxylic acids is 2. The van der Waals surface area contributed by atoms with Crippen LogP contribution >= 0.6 is 15.9 Å². The van der Waals surface area contributed by atoms with Gasteiger partial charge in [-0.3, -0.25) is 9.59 Å². The highest BCUT2D eigenvalue weighted by Gasteiger charge is 2.27. The number of carbonyl (C=O) groups is 2. The van der Waals surface area contributed by atoms with Gasteiger partial charge in [-0.15, -0.1) is 0 Å². The van der Waals surface area contributed by atoms with Crippen LogP contribution < -0.4 is 0 Å². The number of Topliss-reactive ketones (excluding diaryl/α,β-unsaturated/α-hetero) is 1. The molecule has 0 aliphatic carbocycles. The second-order valence-corrected chi connectivity index (χ2v) is 5.07. The van der Waals surface area contributed by atoms with Gasteiger partial charge in [0.2, 0.25) is 0 Å². The first-order valence-corrected chi connectivity index (χ1v) is 6.60. The molecule has 0 fully saturated rings. The normalized spacial score (nSPS) is 12.1. The van der Waals surface area contributed by atoms with Gasteiger partial charge in [0.05, 0.1) is 7.11 Å². The van der Waals surface area contributed by atoms with Gasteiger partial charge in [0.25, 0.3) is 0 Å². The van der Waals surface area contributed by atoms with Gasteiger partial charge in [-0.25, -0.2) is 0 Å². The zero-order valence-corrected chi connectivity index (χ0v) is 12.6. The van der Waals surface area contributed by atoms with E-state index < -0.39 is 11.9 Å². The van der Waals surface area contributed by atoms with E-state index in [1.165, 1.54) is 7.11 Å². The minimum Gasteiger partial charge on any atom is -0.468 e. The molecule has 0 aromatic heterocycles. The maximum absolute atomic E-state index is 12.3. The number of benzene rings is 1. The maximum Gasteiger partial charge on any atom is 0.316 e. The molecule has 0 aliphatic heterocycles. The van der Waals surface area contributed by atoms with Gasteiger partial charge in [0.15, 0.2) is 5.78 Å². The van der Waals surface area contributed by atoms with E-state index in [4.69, 9.17) is 0 Å². The monoisotopic (exact) mass is 312 g/mol. The molecule has 0 amide bonds. The van der Waals surface area contributed by atoms with Crippen LogP contribution in [0.2, 0.25) is 0 Å². The fourth-order valence-corrected chi connectivity index (χ4v) is 2.12. The molecule has 1 atom stereocenters. The van der Waals surface area contributed by atoms with E-state index in [0.29, 0.717) is 12.0 Å². The number of hydrogen-bond acceptors (Lipinski definition) is 3. The number of halogens is 1. The molecule has 0 radical (unpaired) electrons. The van der Waals surface area contributed by atoms with Crippen LogP contribution in [0.1, 0.15) is 34.8 Å². The van der Waals surface area contributed by atoms with Crippen LogP contribution in [0.3, 0.4) is 0 Å². The summed E-state index contributed by atoms with van der Waals surface area (Å²) >= 11 is 3.46. The van der Waals surface area contributed by atoms with Crippen LogP contribution in [-0.4, -0.2) is 18.9 Å². The van der Waals surface area contributed by atoms with Crippen molar-refractivity contribution in [3.8, 4) is 0 Å².